The number of nitrogens with zero attached hydrogens (tertiary/aromatic N) is 3. The molecule has 2 aliphatic heterocycles. The fourth-order valence-electron chi connectivity index (χ4n) is 4.03. The van der Waals surface area contributed by atoms with Gasteiger partial charge in [-0.2, -0.15) is 0 Å². The Labute approximate surface area is 169 Å². The third kappa shape index (κ3) is 5.40. The van der Waals surface area contributed by atoms with Crippen LogP contribution in [0.15, 0.2) is 35.3 Å². The summed E-state index contributed by atoms with van der Waals surface area (Å²) < 4.78 is 0. The summed E-state index contributed by atoms with van der Waals surface area (Å²) in [5.41, 5.74) is 1.31. The molecule has 1 aromatic rings. The average molecular weight is 386 g/mol. The lowest BCUT2D eigenvalue weighted by atomic mass is 10.1. The number of rotatable bonds is 6. The quantitative estimate of drug-likeness (QED) is 0.583. The molecule has 2 aliphatic rings. The van der Waals surface area contributed by atoms with Gasteiger partial charge >= 0.3 is 0 Å². The van der Waals surface area contributed by atoms with Crippen LogP contribution in [0.4, 0.5) is 5.69 Å². The van der Waals surface area contributed by atoms with E-state index >= 15 is 0 Å². The molecular weight excluding hydrogens is 350 g/mol. The molecule has 2 N–H and O–H groups in total. The van der Waals surface area contributed by atoms with Crippen LogP contribution >= 0.6 is 0 Å². The van der Waals surface area contributed by atoms with Crippen LogP contribution in [0.2, 0.25) is 0 Å². The summed E-state index contributed by atoms with van der Waals surface area (Å²) in [6, 6.07) is 10.9. The Morgan fingerprint density at radius 1 is 1.18 bits per heavy atom. The SMILES string of the molecule is CCNC(=NCC1CCN(c2ccccc2)C1)NC1CCN(C(=O)C(C)C)C1. The van der Waals surface area contributed by atoms with E-state index in [2.05, 4.69) is 52.8 Å². The molecule has 2 unspecified atom stereocenters. The number of hydrogen-bond acceptors (Lipinski definition) is 3. The molecule has 0 aromatic heterocycles. The van der Waals surface area contributed by atoms with Gasteiger partial charge in [0.25, 0.3) is 0 Å². The number of amides is 1. The summed E-state index contributed by atoms with van der Waals surface area (Å²) in [7, 11) is 0. The van der Waals surface area contributed by atoms with E-state index in [-0.39, 0.29) is 17.9 Å². The Morgan fingerprint density at radius 2 is 1.96 bits per heavy atom. The Balaban J connectivity index is 1.50. The number of guanidine groups is 1. The maximum absolute atomic E-state index is 12.2. The van der Waals surface area contributed by atoms with Crippen LogP contribution in [-0.4, -0.2) is 62.1 Å². The van der Waals surface area contributed by atoms with Gasteiger partial charge in [-0.1, -0.05) is 32.0 Å². The van der Waals surface area contributed by atoms with Gasteiger partial charge in [0.05, 0.1) is 0 Å². The number of carbonyl (C=O) groups excluding carboxylic acids is 1. The zero-order valence-electron chi connectivity index (χ0n) is 17.5. The first-order valence-electron chi connectivity index (χ1n) is 10.7. The summed E-state index contributed by atoms with van der Waals surface area (Å²) in [6.07, 6.45) is 2.16. The minimum Gasteiger partial charge on any atom is -0.371 e. The number of anilines is 1. The largest absolute Gasteiger partial charge is 0.371 e. The monoisotopic (exact) mass is 385 g/mol. The van der Waals surface area contributed by atoms with Crippen LogP contribution in [0, 0.1) is 11.8 Å². The number of para-hydroxylation sites is 1. The molecule has 2 heterocycles. The van der Waals surface area contributed by atoms with Gasteiger partial charge in [-0.15, -0.1) is 0 Å². The highest BCUT2D eigenvalue weighted by atomic mass is 16.2. The predicted molar refractivity (Wildman–Crippen MR) is 116 cm³/mol. The van der Waals surface area contributed by atoms with Crippen molar-refractivity contribution in [2.45, 2.75) is 39.7 Å². The van der Waals surface area contributed by atoms with E-state index in [1.807, 2.05) is 18.7 Å². The first-order chi connectivity index (χ1) is 13.6. The van der Waals surface area contributed by atoms with Gasteiger partial charge in [0.1, 0.15) is 0 Å². The summed E-state index contributed by atoms with van der Waals surface area (Å²) >= 11 is 0. The summed E-state index contributed by atoms with van der Waals surface area (Å²) in [5.74, 6) is 1.77. The van der Waals surface area contributed by atoms with E-state index in [9.17, 15) is 4.79 Å². The zero-order chi connectivity index (χ0) is 19.9. The number of hydrogen-bond donors (Lipinski definition) is 2. The fourth-order valence-corrected chi connectivity index (χ4v) is 4.03. The van der Waals surface area contributed by atoms with Gasteiger partial charge in [0.2, 0.25) is 5.91 Å². The number of carbonyl (C=O) groups is 1. The lowest BCUT2D eigenvalue weighted by Gasteiger charge is -2.21. The van der Waals surface area contributed by atoms with E-state index in [1.165, 1.54) is 12.1 Å². The van der Waals surface area contributed by atoms with Crippen molar-refractivity contribution in [3.8, 4) is 0 Å². The van der Waals surface area contributed by atoms with Gasteiger partial charge < -0.3 is 20.4 Å². The van der Waals surface area contributed by atoms with Crippen LogP contribution in [0.25, 0.3) is 0 Å². The molecule has 154 valence electrons. The van der Waals surface area contributed by atoms with Gasteiger partial charge in [-0.25, -0.2) is 0 Å². The van der Waals surface area contributed by atoms with Gasteiger partial charge in [0.15, 0.2) is 5.96 Å². The van der Waals surface area contributed by atoms with Crippen LogP contribution in [0.5, 0.6) is 0 Å². The smallest absolute Gasteiger partial charge is 0.225 e. The second-order valence-electron chi connectivity index (χ2n) is 8.22. The first-order valence-corrected chi connectivity index (χ1v) is 10.7. The van der Waals surface area contributed by atoms with Crippen LogP contribution in [-0.2, 0) is 4.79 Å². The molecule has 3 rings (SSSR count). The molecule has 0 aliphatic carbocycles. The zero-order valence-corrected chi connectivity index (χ0v) is 17.5. The molecule has 6 nitrogen and oxygen atoms in total. The maximum Gasteiger partial charge on any atom is 0.225 e. The number of likely N-dealkylation sites (tertiary alicyclic amines) is 1. The van der Waals surface area contributed by atoms with Crippen molar-refractivity contribution in [1.29, 1.82) is 0 Å². The standard InChI is InChI=1S/C22H35N5O/c1-4-23-22(25-19-11-13-27(16-19)21(28)17(2)3)24-14-18-10-12-26(15-18)20-8-6-5-7-9-20/h5-9,17-19H,4,10-16H2,1-3H3,(H2,23,24,25). The van der Waals surface area contributed by atoms with Crippen molar-refractivity contribution in [2.24, 2.45) is 16.8 Å². The Morgan fingerprint density at radius 3 is 2.68 bits per heavy atom. The molecule has 1 aromatic carbocycles. The van der Waals surface area contributed by atoms with Crippen molar-refractivity contribution < 1.29 is 4.79 Å². The molecule has 0 radical (unpaired) electrons. The lowest BCUT2D eigenvalue weighted by molar-refractivity contribution is -0.133. The minimum absolute atomic E-state index is 0.0654. The van der Waals surface area contributed by atoms with Gasteiger partial charge in [-0.3, -0.25) is 9.79 Å². The number of nitrogens with one attached hydrogen (secondary N) is 2. The van der Waals surface area contributed by atoms with Crippen LogP contribution < -0.4 is 15.5 Å². The fraction of sp³-hybridized carbons (Fsp3) is 0.636. The van der Waals surface area contributed by atoms with E-state index in [0.29, 0.717) is 5.92 Å². The molecule has 0 saturated carbocycles. The highest BCUT2D eigenvalue weighted by molar-refractivity contribution is 5.81. The highest BCUT2D eigenvalue weighted by Gasteiger charge is 2.28. The van der Waals surface area contributed by atoms with E-state index in [0.717, 1.165) is 51.6 Å². The number of benzene rings is 1. The van der Waals surface area contributed by atoms with Crippen LogP contribution in [0.1, 0.15) is 33.6 Å². The third-order valence-electron chi connectivity index (χ3n) is 5.59. The van der Waals surface area contributed by atoms with Crippen molar-refractivity contribution in [3.05, 3.63) is 30.3 Å². The summed E-state index contributed by atoms with van der Waals surface area (Å²) in [4.78, 5) is 21.5. The molecule has 0 bridgehead atoms. The first kappa shape index (κ1) is 20.5. The molecule has 2 fully saturated rings. The lowest BCUT2D eigenvalue weighted by Crippen LogP contribution is -2.45. The molecular formula is C22H35N5O. The van der Waals surface area contributed by atoms with Gasteiger partial charge in [-0.05, 0) is 37.8 Å². The average Bonchev–Trinajstić information content (AvgIpc) is 3.36. The predicted octanol–water partition coefficient (Wildman–Crippen LogP) is 2.32. The molecule has 28 heavy (non-hydrogen) atoms. The van der Waals surface area contributed by atoms with Crippen molar-refractivity contribution in [2.75, 3.05) is 44.2 Å². The summed E-state index contributed by atoms with van der Waals surface area (Å²) in [5, 5.41) is 6.90. The van der Waals surface area contributed by atoms with Crippen molar-refractivity contribution >= 4 is 17.6 Å². The second kappa shape index (κ2) is 9.80. The number of aliphatic imine (C=N–C) groups is 1. The van der Waals surface area contributed by atoms with E-state index in [4.69, 9.17) is 4.99 Å². The maximum atomic E-state index is 12.2. The Kier molecular flexibility index (Phi) is 7.18. The second-order valence-corrected chi connectivity index (χ2v) is 8.22. The van der Waals surface area contributed by atoms with Gasteiger partial charge in [0, 0.05) is 56.9 Å². The molecule has 6 heteroatoms. The van der Waals surface area contributed by atoms with Crippen LogP contribution in [0.3, 0.4) is 0 Å². The molecule has 2 saturated heterocycles. The van der Waals surface area contributed by atoms with Crippen molar-refractivity contribution in [3.63, 3.8) is 0 Å². The normalized spacial score (nSPS) is 22.8. The topological polar surface area (TPSA) is 60.0 Å². The Bertz CT molecular complexity index is 660. The van der Waals surface area contributed by atoms with E-state index < -0.39 is 0 Å². The molecule has 2 atom stereocenters. The summed E-state index contributed by atoms with van der Waals surface area (Å²) in [6.45, 7) is 11.5. The molecule has 0 spiro atoms. The highest BCUT2D eigenvalue weighted by Crippen LogP contribution is 2.23. The minimum atomic E-state index is 0.0654. The van der Waals surface area contributed by atoms with E-state index in [1.54, 1.807) is 0 Å². The van der Waals surface area contributed by atoms with Crippen molar-refractivity contribution in [1.82, 2.24) is 15.5 Å². The third-order valence-corrected chi connectivity index (χ3v) is 5.59. The molecule has 1 amide bonds. The Hall–Kier alpha value is -2.24.